The minimum atomic E-state index is -0.297. The van der Waals surface area contributed by atoms with Crippen LogP contribution in [0.3, 0.4) is 0 Å². The van der Waals surface area contributed by atoms with Gasteiger partial charge in [0.15, 0.2) is 0 Å². The first-order valence-corrected chi connectivity index (χ1v) is 4.96. The van der Waals surface area contributed by atoms with Gasteiger partial charge >= 0.3 is 0 Å². The summed E-state index contributed by atoms with van der Waals surface area (Å²) in [5.41, 5.74) is 0. The predicted molar refractivity (Wildman–Crippen MR) is 44.6 cm³/mol. The lowest BCUT2D eigenvalue weighted by Crippen LogP contribution is -2.23. The number of carbonyl (C=O) groups is 1. The van der Waals surface area contributed by atoms with Crippen molar-refractivity contribution in [3.8, 4) is 0 Å². The van der Waals surface area contributed by atoms with Crippen LogP contribution in [0, 0.1) is 11.8 Å². The topological polar surface area (TPSA) is 37.3 Å². The molecule has 0 unspecified atom stereocenters. The number of aliphatic hydroxyl groups is 1. The summed E-state index contributed by atoms with van der Waals surface area (Å²) < 4.78 is 0. The van der Waals surface area contributed by atoms with Crippen molar-refractivity contribution in [3.05, 3.63) is 0 Å². The fourth-order valence-electron chi connectivity index (χ4n) is 2.32. The molecule has 0 radical (unpaired) electrons. The van der Waals surface area contributed by atoms with Gasteiger partial charge in [-0.25, -0.2) is 0 Å². The number of Topliss-reactive ketones (excluding diaryl/α,β-unsaturated/α-hetero) is 1. The zero-order valence-corrected chi connectivity index (χ0v) is 7.75. The number of fused-ring (bicyclic) bond motifs is 1. The molecule has 4 atom stereocenters. The number of aliphatic hydroxyl groups excluding tert-OH is 1. The summed E-state index contributed by atoms with van der Waals surface area (Å²) in [6.07, 6.45) is 2.23. The zero-order chi connectivity index (χ0) is 8.01. The molecule has 0 bridgehead atoms. The lowest BCUT2D eigenvalue weighted by molar-refractivity contribution is -0.120. The second-order valence-corrected chi connectivity index (χ2v) is 4.60. The molecular weight excluding hydrogens is 208 g/mol. The highest BCUT2D eigenvalue weighted by Crippen LogP contribution is 2.45. The van der Waals surface area contributed by atoms with Crippen molar-refractivity contribution in [3.63, 3.8) is 0 Å². The summed E-state index contributed by atoms with van der Waals surface area (Å²) >= 11 is 3.38. The van der Waals surface area contributed by atoms with Crippen LogP contribution in [0.4, 0.5) is 0 Å². The minimum Gasteiger partial charge on any atom is -0.392 e. The number of rotatable bonds is 0. The van der Waals surface area contributed by atoms with Crippen LogP contribution in [0.2, 0.25) is 0 Å². The second kappa shape index (κ2) is 2.56. The molecule has 0 aliphatic heterocycles. The van der Waals surface area contributed by atoms with Crippen molar-refractivity contribution in [2.75, 3.05) is 0 Å². The van der Waals surface area contributed by atoms with Crippen LogP contribution in [0.1, 0.15) is 19.3 Å². The van der Waals surface area contributed by atoms with E-state index < -0.39 is 0 Å². The first-order chi connectivity index (χ1) is 5.20. The van der Waals surface area contributed by atoms with E-state index in [4.69, 9.17) is 0 Å². The van der Waals surface area contributed by atoms with Crippen molar-refractivity contribution in [2.45, 2.75) is 30.2 Å². The number of halogens is 1. The smallest absolute Gasteiger partial charge is 0.137 e. The van der Waals surface area contributed by atoms with E-state index in [0.717, 1.165) is 19.3 Å². The van der Waals surface area contributed by atoms with Crippen LogP contribution in [0.5, 0.6) is 0 Å². The summed E-state index contributed by atoms with van der Waals surface area (Å²) in [4.78, 5) is 11.3. The van der Waals surface area contributed by atoms with Gasteiger partial charge in [0.25, 0.3) is 0 Å². The molecule has 11 heavy (non-hydrogen) atoms. The monoisotopic (exact) mass is 218 g/mol. The Hall–Kier alpha value is 0.110. The van der Waals surface area contributed by atoms with Crippen LogP contribution in [-0.2, 0) is 4.79 Å². The first kappa shape index (κ1) is 7.74. The molecule has 3 heteroatoms. The van der Waals surface area contributed by atoms with Crippen LogP contribution >= 0.6 is 15.9 Å². The number of alkyl halides is 1. The highest BCUT2D eigenvalue weighted by atomic mass is 79.9. The van der Waals surface area contributed by atoms with Crippen molar-refractivity contribution < 1.29 is 9.90 Å². The van der Waals surface area contributed by atoms with Gasteiger partial charge < -0.3 is 5.11 Å². The lowest BCUT2D eigenvalue weighted by Gasteiger charge is -2.11. The van der Waals surface area contributed by atoms with E-state index in [2.05, 4.69) is 15.9 Å². The predicted octanol–water partition coefficient (Wildman–Crippen LogP) is 1.11. The molecule has 2 nitrogen and oxygen atoms in total. The maximum absolute atomic E-state index is 11.3. The largest absolute Gasteiger partial charge is 0.392 e. The number of hydrogen-bond donors (Lipinski definition) is 1. The fraction of sp³-hybridized carbons (Fsp3) is 0.875. The number of carbonyl (C=O) groups excluding carboxylic acids is 1. The molecule has 2 aliphatic carbocycles. The maximum Gasteiger partial charge on any atom is 0.137 e. The lowest BCUT2D eigenvalue weighted by atomic mass is 10.0. The molecule has 0 spiro atoms. The Kier molecular flexibility index (Phi) is 1.80. The molecule has 0 heterocycles. The van der Waals surface area contributed by atoms with E-state index in [1.807, 2.05) is 0 Å². The zero-order valence-electron chi connectivity index (χ0n) is 6.16. The Labute approximate surface area is 74.1 Å². The molecule has 0 saturated heterocycles. The normalized spacial score (nSPS) is 49.8. The van der Waals surface area contributed by atoms with Gasteiger partial charge in [-0.3, -0.25) is 4.79 Å². The Bertz CT molecular complexity index is 191. The summed E-state index contributed by atoms with van der Waals surface area (Å²) in [5.74, 6) is 0.917. The fourth-order valence-corrected chi connectivity index (χ4v) is 3.26. The van der Waals surface area contributed by atoms with E-state index in [1.165, 1.54) is 0 Å². The molecule has 62 valence electrons. The van der Waals surface area contributed by atoms with E-state index >= 15 is 0 Å². The highest BCUT2D eigenvalue weighted by Gasteiger charge is 2.48. The number of ketones is 1. The summed E-state index contributed by atoms with van der Waals surface area (Å²) in [5, 5.41) is 9.42. The molecule has 2 fully saturated rings. The van der Waals surface area contributed by atoms with Crippen molar-refractivity contribution in [1.82, 2.24) is 0 Å². The highest BCUT2D eigenvalue weighted by molar-refractivity contribution is 9.09. The van der Waals surface area contributed by atoms with Gasteiger partial charge in [0.05, 0.1) is 10.9 Å². The maximum atomic E-state index is 11.3. The Balaban J connectivity index is 2.20. The van der Waals surface area contributed by atoms with E-state index in [1.54, 1.807) is 0 Å². The third-order valence-electron chi connectivity index (χ3n) is 2.90. The van der Waals surface area contributed by atoms with Gasteiger partial charge in [0.2, 0.25) is 0 Å². The molecule has 2 saturated carbocycles. The molecule has 0 amide bonds. The SMILES string of the molecule is O=C1CC[C@@H]2C[C@@H](O)[C@H](Br)[C@H]12. The van der Waals surface area contributed by atoms with Gasteiger partial charge in [-0.05, 0) is 18.8 Å². The average Bonchev–Trinajstić information content (AvgIpc) is 2.41. The standard InChI is InChI=1S/C8H11BrO2/c9-8-6(11)3-4-1-2-5(10)7(4)8/h4,6-8,11H,1-3H2/t4-,6-,7+,8+/m1/s1. The first-order valence-electron chi connectivity index (χ1n) is 4.05. The Morgan fingerprint density at radius 2 is 2.27 bits per heavy atom. The quantitative estimate of drug-likeness (QED) is 0.619. The molecule has 2 aliphatic rings. The van der Waals surface area contributed by atoms with E-state index in [9.17, 15) is 9.90 Å². The van der Waals surface area contributed by atoms with Crippen molar-refractivity contribution in [1.29, 1.82) is 0 Å². The molecule has 0 aromatic rings. The van der Waals surface area contributed by atoms with Gasteiger partial charge in [-0.1, -0.05) is 15.9 Å². The molecule has 0 aromatic carbocycles. The van der Waals surface area contributed by atoms with E-state index in [0.29, 0.717) is 11.7 Å². The van der Waals surface area contributed by atoms with Crippen LogP contribution in [-0.4, -0.2) is 21.8 Å². The molecule has 0 aromatic heterocycles. The summed E-state index contributed by atoms with van der Waals surface area (Å²) in [7, 11) is 0. The van der Waals surface area contributed by atoms with Gasteiger partial charge in [0.1, 0.15) is 5.78 Å². The van der Waals surface area contributed by atoms with Gasteiger partial charge in [0, 0.05) is 12.3 Å². The van der Waals surface area contributed by atoms with Crippen LogP contribution in [0.25, 0.3) is 0 Å². The molecule has 2 rings (SSSR count). The number of hydrogen-bond acceptors (Lipinski definition) is 2. The Morgan fingerprint density at radius 3 is 2.91 bits per heavy atom. The third kappa shape index (κ3) is 1.05. The third-order valence-corrected chi connectivity index (χ3v) is 4.08. The van der Waals surface area contributed by atoms with Crippen molar-refractivity contribution in [2.24, 2.45) is 11.8 Å². The summed E-state index contributed by atoms with van der Waals surface area (Å²) in [6.45, 7) is 0. The second-order valence-electron chi connectivity index (χ2n) is 3.54. The van der Waals surface area contributed by atoms with Crippen LogP contribution in [0.15, 0.2) is 0 Å². The van der Waals surface area contributed by atoms with Gasteiger partial charge in [-0.2, -0.15) is 0 Å². The van der Waals surface area contributed by atoms with Crippen LogP contribution < -0.4 is 0 Å². The molecular formula is C8H11BrO2. The van der Waals surface area contributed by atoms with Crippen molar-refractivity contribution >= 4 is 21.7 Å². The Morgan fingerprint density at radius 1 is 1.55 bits per heavy atom. The minimum absolute atomic E-state index is 0.0301. The molecule has 1 N–H and O–H groups in total. The average molecular weight is 219 g/mol. The van der Waals surface area contributed by atoms with Gasteiger partial charge in [-0.15, -0.1) is 0 Å². The van der Waals surface area contributed by atoms with E-state index in [-0.39, 0.29) is 16.8 Å². The summed E-state index contributed by atoms with van der Waals surface area (Å²) in [6, 6.07) is 0.